The second kappa shape index (κ2) is 10.7. The van der Waals surface area contributed by atoms with Crippen LogP contribution in [0.5, 0.6) is 0 Å². The summed E-state index contributed by atoms with van der Waals surface area (Å²) in [7, 11) is 0. The summed E-state index contributed by atoms with van der Waals surface area (Å²) in [6, 6.07) is -0.971. The molecule has 8 atom stereocenters. The van der Waals surface area contributed by atoms with E-state index in [1.165, 1.54) is 6.42 Å². The summed E-state index contributed by atoms with van der Waals surface area (Å²) in [6.07, 6.45) is 7.65. The van der Waals surface area contributed by atoms with Gasteiger partial charge in [0.05, 0.1) is 29.2 Å². The Kier molecular flexibility index (Phi) is 8.24. The van der Waals surface area contributed by atoms with Crippen molar-refractivity contribution in [2.75, 3.05) is 13.2 Å². The number of thioether (sulfide) groups is 1. The number of aliphatic hydroxyl groups is 1. The summed E-state index contributed by atoms with van der Waals surface area (Å²) in [4.78, 5) is 43.1. The minimum Gasteiger partial charge on any atom is -0.394 e. The molecule has 7 nitrogen and oxygen atoms in total. The van der Waals surface area contributed by atoms with Gasteiger partial charge in [-0.2, -0.15) is 0 Å². The first-order valence-corrected chi connectivity index (χ1v) is 14.9. The molecule has 3 N–H and O–H groups in total. The number of rotatable bonds is 9. The van der Waals surface area contributed by atoms with Gasteiger partial charge >= 0.3 is 0 Å². The van der Waals surface area contributed by atoms with E-state index in [1.807, 2.05) is 20.8 Å². The molecule has 0 radical (unpaired) electrons. The summed E-state index contributed by atoms with van der Waals surface area (Å²) in [5.74, 6) is -1.27. The zero-order valence-electron chi connectivity index (χ0n) is 20.6. The monoisotopic (exact) mass is 557 g/mol. The fourth-order valence-electron chi connectivity index (χ4n) is 6.73. The number of hydrogen-bond acceptors (Lipinski definition) is 5. The zero-order valence-corrected chi connectivity index (χ0v) is 23.0. The van der Waals surface area contributed by atoms with Crippen LogP contribution in [0, 0.1) is 17.8 Å². The average Bonchev–Trinajstić information content (AvgIpc) is 3.42. The van der Waals surface area contributed by atoms with Gasteiger partial charge in [-0.05, 0) is 31.6 Å². The molecular weight excluding hydrogens is 518 g/mol. The summed E-state index contributed by atoms with van der Waals surface area (Å²) < 4.78 is -0.649. The van der Waals surface area contributed by atoms with Crippen LogP contribution in [-0.4, -0.2) is 73.8 Å². The van der Waals surface area contributed by atoms with Gasteiger partial charge in [0, 0.05) is 22.7 Å². The predicted molar refractivity (Wildman–Crippen MR) is 138 cm³/mol. The summed E-state index contributed by atoms with van der Waals surface area (Å²) in [5, 5.41) is 16.7. The number of carbonyl (C=O) groups is 3. The van der Waals surface area contributed by atoms with Crippen molar-refractivity contribution in [3.05, 3.63) is 0 Å². The number of nitrogens with zero attached hydrogens (tertiary/aromatic N) is 1. The normalized spacial score (nSPS) is 36.9. The maximum absolute atomic E-state index is 14.1. The van der Waals surface area contributed by atoms with Gasteiger partial charge in [0.2, 0.25) is 17.7 Å². The third-order valence-corrected chi connectivity index (χ3v) is 11.8. The smallest absolute Gasteiger partial charge is 0.244 e. The molecule has 34 heavy (non-hydrogen) atoms. The molecule has 1 aliphatic carbocycles. The first-order chi connectivity index (χ1) is 16.3. The van der Waals surface area contributed by atoms with E-state index >= 15 is 0 Å². The van der Waals surface area contributed by atoms with Crippen molar-refractivity contribution >= 4 is 45.4 Å². The molecule has 0 aromatic heterocycles. The molecule has 4 fully saturated rings. The number of aliphatic hydroxyl groups excluding tert-OH is 1. The molecule has 4 aliphatic rings. The van der Waals surface area contributed by atoms with Crippen LogP contribution in [0.25, 0.3) is 0 Å². The van der Waals surface area contributed by atoms with Crippen LogP contribution in [0.1, 0.15) is 72.1 Å². The van der Waals surface area contributed by atoms with Crippen LogP contribution in [-0.2, 0) is 14.4 Å². The van der Waals surface area contributed by atoms with Gasteiger partial charge in [0.15, 0.2) is 0 Å². The highest BCUT2D eigenvalue weighted by Gasteiger charge is 2.76. The molecule has 9 heteroatoms. The largest absolute Gasteiger partial charge is 0.394 e. The quantitative estimate of drug-likeness (QED) is 0.378. The average molecular weight is 559 g/mol. The highest BCUT2D eigenvalue weighted by atomic mass is 79.9. The molecule has 3 aliphatic heterocycles. The zero-order chi connectivity index (χ0) is 24.6. The Balaban J connectivity index is 1.72. The number of halogens is 1. The second-order valence-electron chi connectivity index (χ2n) is 10.7. The van der Waals surface area contributed by atoms with Crippen molar-refractivity contribution < 1.29 is 19.5 Å². The van der Waals surface area contributed by atoms with E-state index in [0.717, 1.165) is 38.5 Å². The number of amides is 3. The van der Waals surface area contributed by atoms with Crippen molar-refractivity contribution in [2.24, 2.45) is 17.8 Å². The van der Waals surface area contributed by atoms with Crippen LogP contribution in [0.15, 0.2) is 0 Å². The van der Waals surface area contributed by atoms with Crippen LogP contribution in [0.3, 0.4) is 0 Å². The maximum Gasteiger partial charge on any atom is 0.244 e. The van der Waals surface area contributed by atoms with E-state index < -0.39 is 28.7 Å². The van der Waals surface area contributed by atoms with Crippen molar-refractivity contribution in [1.29, 1.82) is 0 Å². The standard InChI is InChI=1S/C25H40BrN3O4S/c1-4-11-27-22(31)18-19-24(33)29(17(13-30)14(3)5-2)21(25(19)12-16(26)20(18)34-25)23(32)28-15-9-7-6-8-10-15/h14-21,30H,4-13H2,1-3H3,(H,27,31)(H,28,32)/t14-,16?,17-,18+,19-,20+,21?,25?/m0/s1. The minimum atomic E-state index is -0.669. The van der Waals surface area contributed by atoms with Crippen LogP contribution in [0.2, 0.25) is 0 Å². The van der Waals surface area contributed by atoms with Crippen LogP contribution in [0.4, 0.5) is 0 Å². The summed E-state index contributed by atoms with van der Waals surface area (Å²) in [5.41, 5.74) is 0. The van der Waals surface area contributed by atoms with Crippen molar-refractivity contribution in [3.63, 3.8) is 0 Å². The number of likely N-dealkylation sites (tertiary alicyclic amines) is 1. The first-order valence-electron chi connectivity index (χ1n) is 13.1. The van der Waals surface area contributed by atoms with Gasteiger partial charge in [0.25, 0.3) is 0 Å². The van der Waals surface area contributed by atoms with Gasteiger partial charge in [-0.1, -0.05) is 62.4 Å². The Bertz CT molecular complexity index is 794. The van der Waals surface area contributed by atoms with Gasteiger partial charge in [-0.25, -0.2) is 0 Å². The first kappa shape index (κ1) is 26.3. The fraction of sp³-hybridized carbons (Fsp3) is 0.880. The molecule has 1 spiro atoms. The Morgan fingerprint density at radius 3 is 2.56 bits per heavy atom. The second-order valence-corrected chi connectivity index (χ2v) is 13.4. The molecule has 0 aromatic carbocycles. The minimum absolute atomic E-state index is 0.0332. The van der Waals surface area contributed by atoms with Gasteiger partial charge in [0.1, 0.15) is 6.04 Å². The van der Waals surface area contributed by atoms with Crippen LogP contribution >= 0.6 is 27.7 Å². The predicted octanol–water partition coefficient (Wildman–Crippen LogP) is 2.83. The number of carbonyl (C=O) groups excluding carboxylic acids is 3. The van der Waals surface area contributed by atoms with Gasteiger partial charge in [-0.3, -0.25) is 14.4 Å². The lowest BCUT2D eigenvalue weighted by Crippen LogP contribution is -2.59. The SMILES string of the molecule is CCCNC(=O)[C@H]1[C@@H]2SC3(CC2Br)C(C(=O)NC2CCCCC2)N([C@@H](CO)[C@@H](C)CC)C(=O)[C@H]13. The Morgan fingerprint density at radius 2 is 1.94 bits per heavy atom. The fourth-order valence-corrected chi connectivity index (χ4v) is 10.3. The van der Waals surface area contributed by atoms with E-state index in [9.17, 15) is 19.5 Å². The molecular formula is C25H40BrN3O4S. The van der Waals surface area contributed by atoms with E-state index in [2.05, 4.69) is 26.6 Å². The molecule has 3 saturated heterocycles. The van der Waals surface area contributed by atoms with E-state index in [0.29, 0.717) is 13.0 Å². The molecule has 3 amide bonds. The molecule has 3 unspecified atom stereocenters. The lowest BCUT2D eigenvalue weighted by molar-refractivity contribution is -0.144. The number of fused-ring (bicyclic) bond motifs is 1. The molecule has 4 rings (SSSR count). The van der Waals surface area contributed by atoms with E-state index in [4.69, 9.17) is 0 Å². The number of nitrogens with one attached hydrogen (secondary N) is 2. The topological polar surface area (TPSA) is 98.7 Å². The van der Waals surface area contributed by atoms with Crippen LogP contribution < -0.4 is 10.6 Å². The highest BCUT2D eigenvalue weighted by Crippen LogP contribution is 2.68. The highest BCUT2D eigenvalue weighted by molar-refractivity contribution is 9.09. The summed E-state index contributed by atoms with van der Waals surface area (Å²) >= 11 is 5.47. The van der Waals surface area contributed by atoms with Gasteiger partial charge in [-0.15, -0.1) is 11.8 Å². The van der Waals surface area contributed by atoms with Crippen molar-refractivity contribution in [3.8, 4) is 0 Å². The van der Waals surface area contributed by atoms with Crippen molar-refractivity contribution in [2.45, 2.75) is 105 Å². The Hall–Kier alpha value is -0.800. The molecule has 192 valence electrons. The number of alkyl halides is 1. The molecule has 3 heterocycles. The third kappa shape index (κ3) is 4.32. The molecule has 0 aromatic rings. The van der Waals surface area contributed by atoms with Crippen molar-refractivity contribution in [1.82, 2.24) is 15.5 Å². The Labute approximate surface area is 216 Å². The summed E-state index contributed by atoms with van der Waals surface area (Å²) in [6.45, 7) is 6.47. The number of hydrogen-bond donors (Lipinski definition) is 3. The van der Waals surface area contributed by atoms with E-state index in [1.54, 1.807) is 16.7 Å². The Morgan fingerprint density at radius 1 is 1.24 bits per heavy atom. The maximum atomic E-state index is 14.1. The lowest BCUT2D eigenvalue weighted by Gasteiger charge is -2.40. The lowest BCUT2D eigenvalue weighted by atomic mass is 9.70. The molecule has 1 saturated carbocycles. The van der Waals surface area contributed by atoms with Gasteiger partial charge < -0.3 is 20.6 Å². The molecule has 2 bridgehead atoms. The third-order valence-electron chi connectivity index (χ3n) is 8.62. The van der Waals surface area contributed by atoms with E-state index in [-0.39, 0.29) is 46.4 Å².